The highest BCUT2D eigenvalue weighted by molar-refractivity contribution is 7.89. The van der Waals surface area contributed by atoms with Gasteiger partial charge in [0.2, 0.25) is 10.0 Å². The highest BCUT2D eigenvalue weighted by Crippen LogP contribution is 2.17. The summed E-state index contributed by atoms with van der Waals surface area (Å²) in [4.78, 5) is 9.98. The maximum Gasteiger partial charge on any atom is 0.269 e. The molecule has 0 saturated carbocycles. The highest BCUT2D eigenvalue weighted by atomic mass is 32.2. The van der Waals surface area contributed by atoms with Crippen LogP contribution >= 0.6 is 0 Å². The zero-order valence-corrected chi connectivity index (χ0v) is 15.5. The van der Waals surface area contributed by atoms with Crippen LogP contribution in [0.15, 0.2) is 53.4 Å². The molecule has 0 spiro atoms. The van der Waals surface area contributed by atoms with E-state index in [1.807, 2.05) is 6.92 Å². The summed E-state index contributed by atoms with van der Waals surface area (Å²) in [5.74, 6) is 0.967. The number of sulfonamides is 1. The van der Waals surface area contributed by atoms with Crippen LogP contribution < -0.4 is 9.46 Å². The molecule has 11 nitrogen and oxygen atoms in total. The molecule has 1 aromatic heterocycles. The van der Waals surface area contributed by atoms with E-state index in [-0.39, 0.29) is 23.0 Å². The molecular formula is C16H16N6O5S. The van der Waals surface area contributed by atoms with Gasteiger partial charge in [-0.1, -0.05) is 0 Å². The molecule has 0 aliphatic heterocycles. The van der Waals surface area contributed by atoms with Crippen LogP contribution in [0.25, 0.3) is 5.69 Å². The number of nitro groups is 1. The third-order valence-electron chi connectivity index (χ3n) is 3.70. The van der Waals surface area contributed by atoms with Gasteiger partial charge < -0.3 is 4.74 Å². The molecule has 28 heavy (non-hydrogen) atoms. The Morgan fingerprint density at radius 3 is 2.43 bits per heavy atom. The van der Waals surface area contributed by atoms with Crippen molar-refractivity contribution in [2.45, 2.75) is 18.4 Å². The van der Waals surface area contributed by atoms with Gasteiger partial charge >= 0.3 is 0 Å². The van der Waals surface area contributed by atoms with E-state index in [9.17, 15) is 18.5 Å². The molecule has 0 bridgehead atoms. The summed E-state index contributed by atoms with van der Waals surface area (Å²) in [5.41, 5.74) is 0.441. The van der Waals surface area contributed by atoms with Crippen LogP contribution in [0.2, 0.25) is 0 Å². The normalized spacial score (nSPS) is 11.3. The van der Waals surface area contributed by atoms with E-state index in [1.54, 1.807) is 24.3 Å². The standard InChI is InChI=1S/C16H16N6O5S/c1-2-27-14-7-3-12(4-8-14)21-16(18-19-20-21)11-17-28(25,26)15-9-5-13(6-10-15)22(23)24/h3-10,17H,2,11H2,1H3. The van der Waals surface area contributed by atoms with Crippen LogP contribution in [0.3, 0.4) is 0 Å². The van der Waals surface area contributed by atoms with Crippen LogP contribution in [0, 0.1) is 10.1 Å². The predicted molar refractivity (Wildman–Crippen MR) is 97.4 cm³/mol. The van der Waals surface area contributed by atoms with Crippen LogP contribution in [0.4, 0.5) is 5.69 Å². The number of hydrogen-bond donors (Lipinski definition) is 1. The molecule has 146 valence electrons. The van der Waals surface area contributed by atoms with Crippen molar-refractivity contribution in [3.63, 3.8) is 0 Å². The molecule has 3 rings (SSSR count). The smallest absolute Gasteiger partial charge is 0.269 e. The Morgan fingerprint density at radius 1 is 1.14 bits per heavy atom. The van der Waals surface area contributed by atoms with Gasteiger partial charge in [-0.3, -0.25) is 10.1 Å². The molecule has 0 radical (unpaired) electrons. The molecule has 0 fully saturated rings. The van der Waals surface area contributed by atoms with E-state index in [1.165, 1.54) is 4.68 Å². The molecule has 0 saturated heterocycles. The van der Waals surface area contributed by atoms with Gasteiger partial charge in [-0.2, -0.15) is 4.68 Å². The Balaban J connectivity index is 1.74. The molecule has 2 aromatic carbocycles. The van der Waals surface area contributed by atoms with Gasteiger partial charge in [-0.25, -0.2) is 13.1 Å². The van der Waals surface area contributed by atoms with Crippen molar-refractivity contribution in [1.82, 2.24) is 24.9 Å². The van der Waals surface area contributed by atoms with Crippen molar-refractivity contribution in [3.8, 4) is 11.4 Å². The molecule has 0 amide bonds. The Kier molecular flexibility index (Phi) is 5.61. The van der Waals surface area contributed by atoms with E-state index in [2.05, 4.69) is 20.2 Å². The summed E-state index contributed by atoms with van der Waals surface area (Å²) in [6.45, 7) is 2.25. The Bertz CT molecular complexity index is 1060. The van der Waals surface area contributed by atoms with E-state index >= 15 is 0 Å². The monoisotopic (exact) mass is 404 g/mol. The zero-order valence-electron chi connectivity index (χ0n) is 14.7. The number of ether oxygens (including phenoxy) is 1. The van der Waals surface area contributed by atoms with E-state index < -0.39 is 14.9 Å². The fourth-order valence-corrected chi connectivity index (χ4v) is 3.34. The van der Waals surface area contributed by atoms with Crippen LogP contribution in [-0.2, 0) is 16.6 Å². The van der Waals surface area contributed by atoms with Crippen molar-refractivity contribution >= 4 is 15.7 Å². The Morgan fingerprint density at radius 2 is 1.82 bits per heavy atom. The number of aromatic nitrogens is 4. The zero-order chi connectivity index (χ0) is 20.1. The summed E-state index contributed by atoms with van der Waals surface area (Å²) >= 11 is 0. The number of tetrazole rings is 1. The lowest BCUT2D eigenvalue weighted by Crippen LogP contribution is -2.25. The Hall–Kier alpha value is -3.38. The minimum absolute atomic E-state index is 0.0989. The molecule has 0 atom stereocenters. The first kappa shape index (κ1) is 19.4. The van der Waals surface area contributed by atoms with Crippen molar-refractivity contribution < 1.29 is 18.1 Å². The van der Waals surface area contributed by atoms with Gasteiger partial charge in [0.15, 0.2) is 5.82 Å². The van der Waals surface area contributed by atoms with E-state index in [4.69, 9.17) is 4.74 Å². The average molecular weight is 404 g/mol. The minimum atomic E-state index is -3.89. The number of benzene rings is 2. The molecule has 0 aliphatic rings. The van der Waals surface area contributed by atoms with Crippen molar-refractivity contribution in [2.24, 2.45) is 0 Å². The quantitative estimate of drug-likeness (QED) is 0.439. The second-order valence-corrected chi connectivity index (χ2v) is 7.28. The largest absolute Gasteiger partial charge is 0.494 e. The number of nitro benzene ring substituents is 1. The van der Waals surface area contributed by atoms with Gasteiger partial charge in [-0.15, -0.1) is 5.10 Å². The lowest BCUT2D eigenvalue weighted by atomic mass is 10.3. The fraction of sp³-hybridized carbons (Fsp3) is 0.188. The Labute approximate surface area is 160 Å². The average Bonchev–Trinajstić information content (AvgIpc) is 3.16. The maximum absolute atomic E-state index is 12.4. The van der Waals surface area contributed by atoms with Gasteiger partial charge in [-0.05, 0) is 53.7 Å². The van der Waals surface area contributed by atoms with E-state index in [0.29, 0.717) is 18.0 Å². The van der Waals surface area contributed by atoms with Gasteiger partial charge in [0.05, 0.1) is 28.7 Å². The second kappa shape index (κ2) is 8.10. The third-order valence-corrected chi connectivity index (χ3v) is 5.12. The van der Waals surface area contributed by atoms with Crippen LogP contribution in [0.1, 0.15) is 12.7 Å². The second-order valence-electron chi connectivity index (χ2n) is 5.51. The third kappa shape index (κ3) is 4.29. The summed E-state index contributed by atoms with van der Waals surface area (Å²) < 4.78 is 34.0. The summed E-state index contributed by atoms with van der Waals surface area (Å²) in [5, 5.41) is 22.0. The van der Waals surface area contributed by atoms with Gasteiger partial charge in [0, 0.05) is 12.1 Å². The van der Waals surface area contributed by atoms with Gasteiger partial charge in [0.25, 0.3) is 5.69 Å². The topological polar surface area (TPSA) is 142 Å². The SMILES string of the molecule is CCOc1ccc(-n2nnnc2CNS(=O)(=O)c2ccc([N+](=O)[O-])cc2)cc1. The summed E-state index contributed by atoms with van der Waals surface area (Å²) in [6, 6.07) is 11.6. The lowest BCUT2D eigenvalue weighted by molar-refractivity contribution is -0.384. The van der Waals surface area contributed by atoms with Crippen LogP contribution in [0.5, 0.6) is 5.75 Å². The molecule has 1 N–H and O–H groups in total. The fourth-order valence-electron chi connectivity index (χ4n) is 2.36. The van der Waals surface area contributed by atoms with Crippen molar-refractivity contribution in [1.29, 1.82) is 0 Å². The van der Waals surface area contributed by atoms with Gasteiger partial charge in [0.1, 0.15) is 5.75 Å². The predicted octanol–water partition coefficient (Wildman–Crippen LogP) is 1.45. The lowest BCUT2D eigenvalue weighted by Gasteiger charge is -2.08. The number of non-ortho nitro benzene ring substituents is 1. The number of hydrogen-bond acceptors (Lipinski definition) is 8. The molecule has 3 aromatic rings. The van der Waals surface area contributed by atoms with Crippen molar-refractivity contribution in [3.05, 3.63) is 64.5 Å². The first-order chi connectivity index (χ1) is 13.4. The summed E-state index contributed by atoms with van der Waals surface area (Å²) in [7, 11) is -3.89. The number of nitrogens with one attached hydrogen (secondary N) is 1. The molecule has 0 unspecified atom stereocenters. The number of nitrogens with zero attached hydrogens (tertiary/aromatic N) is 5. The highest BCUT2D eigenvalue weighted by Gasteiger charge is 2.18. The number of rotatable bonds is 8. The molecule has 12 heteroatoms. The molecular weight excluding hydrogens is 388 g/mol. The minimum Gasteiger partial charge on any atom is -0.494 e. The van der Waals surface area contributed by atoms with E-state index in [0.717, 1.165) is 24.3 Å². The maximum atomic E-state index is 12.4. The molecule has 1 heterocycles. The first-order valence-electron chi connectivity index (χ1n) is 8.15. The first-order valence-corrected chi connectivity index (χ1v) is 9.63. The summed E-state index contributed by atoms with van der Waals surface area (Å²) in [6.07, 6.45) is 0. The molecule has 0 aliphatic carbocycles. The van der Waals surface area contributed by atoms with Crippen LogP contribution in [-0.4, -0.2) is 40.2 Å². The van der Waals surface area contributed by atoms with Crippen molar-refractivity contribution in [2.75, 3.05) is 6.61 Å².